The van der Waals surface area contributed by atoms with Crippen LogP contribution in [0.3, 0.4) is 0 Å². The predicted octanol–water partition coefficient (Wildman–Crippen LogP) is 3.24. The molecule has 0 spiro atoms. The van der Waals surface area contributed by atoms with Crippen molar-refractivity contribution < 1.29 is 9.15 Å². The van der Waals surface area contributed by atoms with E-state index in [0.717, 1.165) is 43.0 Å². The summed E-state index contributed by atoms with van der Waals surface area (Å²) in [5.41, 5.74) is 2.45. The van der Waals surface area contributed by atoms with Crippen molar-refractivity contribution >= 4 is 10.9 Å². The molecule has 2 N–H and O–H groups in total. The molecule has 1 aromatic carbocycles. The topological polar surface area (TPSA) is 50.2 Å². The molecule has 0 saturated carbocycles. The summed E-state index contributed by atoms with van der Waals surface area (Å²) in [6.45, 7) is 1.58. The molecule has 4 rings (SSSR count). The lowest BCUT2D eigenvalue weighted by molar-refractivity contribution is 0.172. The van der Waals surface area contributed by atoms with Gasteiger partial charge in [0.25, 0.3) is 0 Å². The summed E-state index contributed by atoms with van der Waals surface area (Å²) in [4.78, 5) is 3.24. The van der Waals surface area contributed by atoms with Crippen molar-refractivity contribution in [2.75, 3.05) is 6.54 Å². The SMILES string of the molecule is c1coc(CNC[C@H]2CCc3ccc4[nH]ccc4c3O2)c1. The van der Waals surface area contributed by atoms with Gasteiger partial charge in [0, 0.05) is 23.6 Å². The van der Waals surface area contributed by atoms with E-state index in [1.54, 1.807) is 6.26 Å². The summed E-state index contributed by atoms with van der Waals surface area (Å²) in [5.74, 6) is 2.00. The maximum Gasteiger partial charge on any atom is 0.132 e. The van der Waals surface area contributed by atoms with Crippen molar-refractivity contribution in [1.82, 2.24) is 10.3 Å². The molecule has 0 unspecified atom stereocenters. The highest BCUT2D eigenvalue weighted by Crippen LogP contribution is 2.34. The number of hydrogen-bond acceptors (Lipinski definition) is 3. The number of fused-ring (bicyclic) bond motifs is 3. The first-order chi connectivity index (χ1) is 10.4. The van der Waals surface area contributed by atoms with Gasteiger partial charge in [-0.2, -0.15) is 0 Å². The lowest BCUT2D eigenvalue weighted by Gasteiger charge is -2.27. The molecular weight excluding hydrogens is 264 g/mol. The van der Waals surface area contributed by atoms with Crippen LogP contribution in [0.25, 0.3) is 10.9 Å². The van der Waals surface area contributed by atoms with Crippen LogP contribution in [-0.4, -0.2) is 17.6 Å². The van der Waals surface area contributed by atoms with Crippen LogP contribution in [0.1, 0.15) is 17.7 Å². The second-order valence-corrected chi connectivity index (χ2v) is 5.48. The van der Waals surface area contributed by atoms with E-state index in [2.05, 4.69) is 28.5 Å². The number of aryl methyl sites for hydroxylation is 1. The number of nitrogens with one attached hydrogen (secondary N) is 2. The van der Waals surface area contributed by atoms with Gasteiger partial charge in [-0.3, -0.25) is 0 Å². The molecule has 3 aromatic rings. The zero-order valence-corrected chi connectivity index (χ0v) is 11.8. The van der Waals surface area contributed by atoms with Gasteiger partial charge in [0.2, 0.25) is 0 Å². The third-order valence-electron chi connectivity index (χ3n) is 4.04. The Morgan fingerprint density at radius 3 is 3.14 bits per heavy atom. The smallest absolute Gasteiger partial charge is 0.132 e. The van der Waals surface area contributed by atoms with Crippen molar-refractivity contribution in [3.05, 3.63) is 54.1 Å². The molecular formula is C17H18N2O2. The van der Waals surface area contributed by atoms with E-state index in [9.17, 15) is 0 Å². The van der Waals surface area contributed by atoms with Gasteiger partial charge >= 0.3 is 0 Å². The molecule has 4 nitrogen and oxygen atoms in total. The number of aromatic amines is 1. The average Bonchev–Trinajstić information content (AvgIpc) is 3.18. The van der Waals surface area contributed by atoms with Crippen LogP contribution in [0.5, 0.6) is 5.75 Å². The maximum absolute atomic E-state index is 6.21. The zero-order chi connectivity index (χ0) is 14.1. The van der Waals surface area contributed by atoms with Gasteiger partial charge in [0.05, 0.1) is 12.8 Å². The zero-order valence-electron chi connectivity index (χ0n) is 11.8. The normalized spacial score (nSPS) is 17.6. The van der Waals surface area contributed by atoms with Crippen molar-refractivity contribution in [2.45, 2.75) is 25.5 Å². The third kappa shape index (κ3) is 2.43. The Hall–Kier alpha value is -2.20. The molecule has 0 fully saturated rings. The summed E-state index contributed by atoms with van der Waals surface area (Å²) < 4.78 is 11.5. The van der Waals surface area contributed by atoms with E-state index in [0.29, 0.717) is 0 Å². The summed E-state index contributed by atoms with van der Waals surface area (Å²) in [7, 11) is 0. The van der Waals surface area contributed by atoms with Gasteiger partial charge in [-0.05, 0) is 42.7 Å². The van der Waals surface area contributed by atoms with Crippen LogP contribution in [-0.2, 0) is 13.0 Å². The standard InChI is InChI=1S/C17H18N2O2/c1-2-13(20-9-1)10-18-11-14-5-3-12-4-6-16-15(7-8-19-16)17(12)21-14/h1-2,4,6-9,14,18-19H,3,5,10-11H2/t14-/m1/s1. The highest BCUT2D eigenvalue weighted by Gasteiger charge is 2.21. The molecule has 108 valence electrons. The molecule has 1 aliphatic heterocycles. The number of benzene rings is 1. The molecule has 21 heavy (non-hydrogen) atoms. The minimum absolute atomic E-state index is 0.216. The van der Waals surface area contributed by atoms with E-state index in [-0.39, 0.29) is 6.10 Å². The number of H-pyrrole nitrogens is 1. The van der Waals surface area contributed by atoms with Crippen molar-refractivity contribution in [2.24, 2.45) is 0 Å². The first-order valence-corrected chi connectivity index (χ1v) is 7.39. The van der Waals surface area contributed by atoms with Gasteiger partial charge in [-0.1, -0.05) is 6.07 Å². The minimum Gasteiger partial charge on any atom is -0.488 e. The van der Waals surface area contributed by atoms with Gasteiger partial charge in [0.15, 0.2) is 0 Å². The predicted molar refractivity (Wildman–Crippen MR) is 81.5 cm³/mol. The number of ether oxygens (including phenoxy) is 1. The van der Waals surface area contributed by atoms with E-state index >= 15 is 0 Å². The summed E-state index contributed by atoms with van der Waals surface area (Å²) in [5, 5.41) is 4.59. The minimum atomic E-state index is 0.216. The quantitative estimate of drug-likeness (QED) is 0.772. The molecule has 4 heteroatoms. The number of aromatic nitrogens is 1. The fraction of sp³-hybridized carbons (Fsp3) is 0.294. The molecule has 1 aliphatic rings. The molecule has 0 bridgehead atoms. The lowest BCUT2D eigenvalue weighted by Crippen LogP contribution is -2.33. The van der Waals surface area contributed by atoms with Crippen LogP contribution in [0.4, 0.5) is 0 Å². The lowest BCUT2D eigenvalue weighted by atomic mass is 10.00. The molecule has 0 amide bonds. The second-order valence-electron chi connectivity index (χ2n) is 5.48. The van der Waals surface area contributed by atoms with Gasteiger partial charge in [-0.15, -0.1) is 0 Å². The first kappa shape index (κ1) is 12.5. The second kappa shape index (κ2) is 5.30. The molecule has 2 aromatic heterocycles. The van der Waals surface area contributed by atoms with E-state index in [4.69, 9.17) is 9.15 Å². The van der Waals surface area contributed by atoms with Crippen LogP contribution >= 0.6 is 0 Å². The molecule has 1 atom stereocenters. The largest absolute Gasteiger partial charge is 0.488 e. The van der Waals surface area contributed by atoms with Crippen LogP contribution in [0.2, 0.25) is 0 Å². The highest BCUT2D eigenvalue weighted by atomic mass is 16.5. The van der Waals surface area contributed by atoms with E-state index in [1.165, 1.54) is 10.9 Å². The monoisotopic (exact) mass is 282 g/mol. The van der Waals surface area contributed by atoms with E-state index < -0.39 is 0 Å². The van der Waals surface area contributed by atoms with Crippen LogP contribution in [0, 0.1) is 0 Å². The van der Waals surface area contributed by atoms with Crippen molar-refractivity contribution in [3.63, 3.8) is 0 Å². The Kier molecular flexibility index (Phi) is 3.16. The van der Waals surface area contributed by atoms with Crippen LogP contribution in [0.15, 0.2) is 47.2 Å². The van der Waals surface area contributed by atoms with Crippen molar-refractivity contribution in [1.29, 1.82) is 0 Å². The maximum atomic E-state index is 6.21. The molecule has 0 saturated heterocycles. The fourth-order valence-corrected chi connectivity index (χ4v) is 2.94. The Morgan fingerprint density at radius 1 is 1.24 bits per heavy atom. The Balaban J connectivity index is 1.44. The van der Waals surface area contributed by atoms with Crippen LogP contribution < -0.4 is 10.1 Å². The third-order valence-corrected chi connectivity index (χ3v) is 4.04. The number of hydrogen-bond donors (Lipinski definition) is 2. The van der Waals surface area contributed by atoms with E-state index in [1.807, 2.05) is 18.3 Å². The first-order valence-electron chi connectivity index (χ1n) is 7.39. The van der Waals surface area contributed by atoms with Gasteiger partial charge < -0.3 is 19.5 Å². The summed E-state index contributed by atoms with van der Waals surface area (Å²) in [6.07, 6.45) is 6.01. The Labute approximate surface area is 123 Å². The molecule has 0 aliphatic carbocycles. The fourth-order valence-electron chi connectivity index (χ4n) is 2.94. The number of furan rings is 1. The molecule has 0 radical (unpaired) electrons. The Morgan fingerprint density at radius 2 is 2.24 bits per heavy atom. The Bertz CT molecular complexity index is 730. The average molecular weight is 282 g/mol. The summed E-state index contributed by atoms with van der Waals surface area (Å²) in [6, 6.07) is 10.3. The van der Waals surface area contributed by atoms with Crippen molar-refractivity contribution in [3.8, 4) is 5.75 Å². The number of rotatable bonds is 4. The highest BCUT2D eigenvalue weighted by molar-refractivity contribution is 5.87. The molecule has 3 heterocycles. The van der Waals surface area contributed by atoms with Gasteiger partial charge in [0.1, 0.15) is 17.6 Å². The van der Waals surface area contributed by atoms with Gasteiger partial charge in [-0.25, -0.2) is 0 Å². The summed E-state index contributed by atoms with van der Waals surface area (Å²) >= 11 is 0.